The smallest absolute Gasteiger partial charge is 0.325 e. The van der Waals surface area contributed by atoms with E-state index in [4.69, 9.17) is 0 Å². The van der Waals surface area contributed by atoms with Crippen molar-refractivity contribution in [3.05, 3.63) is 65.2 Å². The van der Waals surface area contributed by atoms with Crippen molar-refractivity contribution in [2.75, 3.05) is 18.9 Å². The minimum absolute atomic E-state index is 0.288. The van der Waals surface area contributed by atoms with Gasteiger partial charge >= 0.3 is 6.03 Å². The topological polar surface area (TPSA) is 108 Å². The summed E-state index contributed by atoms with van der Waals surface area (Å²) < 4.78 is 0. The fourth-order valence-electron chi connectivity index (χ4n) is 3.46. The summed E-state index contributed by atoms with van der Waals surface area (Å²) in [6.45, 7) is 5.34. The van der Waals surface area contributed by atoms with Crippen LogP contribution < -0.4 is 16.0 Å². The molecule has 0 aliphatic carbocycles. The van der Waals surface area contributed by atoms with Crippen LogP contribution in [0.2, 0.25) is 0 Å². The van der Waals surface area contributed by atoms with Crippen LogP contribution in [0.5, 0.6) is 0 Å². The summed E-state index contributed by atoms with van der Waals surface area (Å²) in [6.07, 6.45) is 0. The van der Waals surface area contributed by atoms with Crippen LogP contribution >= 0.6 is 0 Å². The predicted octanol–water partition coefficient (Wildman–Crippen LogP) is 2.58. The van der Waals surface area contributed by atoms with Gasteiger partial charge in [-0.05, 0) is 42.2 Å². The van der Waals surface area contributed by atoms with Gasteiger partial charge in [-0.15, -0.1) is 0 Å². The van der Waals surface area contributed by atoms with E-state index in [2.05, 4.69) is 29.8 Å². The van der Waals surface area contributed by atoms with E-state index in [0.29, 0.717) is 22.7 Å². The molecule has 3 N–H and O–H groups in total. The molecule has 162 valence electrons. The van der Waals surface area contributed by atoms with Crippen LogP contribution in [0.3, 0.4) is 0 Å². The summed E-state index contributed by atoms with van der Waals surface area (Å²) in [5, 5.41) is 7.83. The first-order valence-electron chi connectivity index (χ1n) is 10.0. The van der Waals surface area contributed by atoms with Crippen molar-refractivity contribution in [2.24, 2.45) is 0 Å². The summed E-state index contributed by atoms with van der Waals surface area (Å²) in [7, 11) is 1.51. The minimum Gasteiger partial charge on any atom is -0.355 e. The zero-order chi connectivity index (χ0) is 22.8. The molecule has 0 spiro atoms. The van der Waals surface area contributed by atoms with Crippen molar-refractivity contribution >= 4 is 29.4 Å². The summed E-state index contributed by atoms with van der Waals surface area (Å²) in [5.41, 5.74) is 1.31. The van der Waals surface area contributed by atoms with Gasteiger partial charge in [0.1, 0.15) is 12.1 Å². The average Bonchev–Trinajstić information content (AvgIpc) is 2.97. The summed E-state index contributed by atoms with van der Waals surface area (Å²) >= 11 is 0. The lowest BCUT2D eigenvalue weighted by Crippen LogP contribution is -2.42. The number of imide groups is 1. The molecular formula is C23H26N4O4. The maximum atomic E-state index is 13.0. The first kappa shape index (κ1) is 22.0. The third-order valence-electron chi connectivity index (χ3n) is 5.37. The minimum atomic E-state index is -1.24. The quantitative estimate of drug-likeness (QED) is 0.622. The summed E-state index contributed by atoms with van der Waals surface area (Å²) in [4.78, 5) is 50.7. The van der Waals surface area contributed by atoms with E-state index in [1.165, 1.54) is 13.1 Å². The second-order valence-corrected chi connectivity index (χ2v) is 7.93. The van der Waals surface area contributed by atoms with E-state index in [1.54, 1.807) is 25.1 Å². The van der Waals surface area contributed by atoms with Crippen LogP contribution in [0.25, 0.3) is 0 Å². The predicted molar refractivity (Wildman–Crippen MR) is 117 cm³/mol. The molecule has 1 saturated heterocycles. The molecule has 0 radical (unpaired) electrons. The van der Waals surface area contributed by atoms with Crippen LogP contribution in [0.15, 0.2) is 48.5 Å². The Morgan fingerprint density at radius 2 is 1.77 bits per heavy atom. The molecule has 8 heteroatoms. The van der Waals surface area contributed by atoms with Gasteiger partial charge in [0.15, 0.2) is 0 Å². The van der Waals surface area contributed by atoms with E-state index in [9.17, 15) is 19.2 Å². The number of benzene rings is 2. The molecule has 2 aromatic rings. The Labute approximate surface area is 181 Å². The molecule has 0 aromatic heterocycles. The lowest BCUT2D eigenvalue weighted by molar-refractivity contribution is -0.133. The highest BCUT2D eigenvalue weighted by Crippen LogP contribution is 2.30. The summed E-state index contributed by atoms with van der Waals surface area (Å²) in [6, 6.07) is 13.3. The van der Waals surface area contributed by atoms with Gasteiger partial charge in [-0.25, -0.2) is 4.79 Å². The van der Waals surface area contributed by atoms with E-state index in [1.807, 2.05) is 24.3 Å². The molecule has 1 unspecified atom stereocenters. The normalized spacial score (nSPS) is 18.2. The molecule has 1 atom stereocenters. The Bertz CT molecular complexity index is 1030. The SMILES string of the molecule is CNC(=O)c1cccc(NC(=O)CN2C(=O)NC(C)(c3ccc(C(C)C)cc3)C2=O)c1. The van der Waals surface area contributed by atoms with Gasteiger partial charge in [0.2, 0.25) is 5.91 Å². The molecule has 31 heavy (non-hydrogen) atoms. The highest BCUT2D eigenvalue weighted by molar-refractivity contribution is 6.10. The molecule has 1 heterocycles. The van der Waals surface area contributed by atoms with Crippen LogP contribution in [0.1, 0.15) is 48.2 Å². The van der Waals surface area contributed by atoms with Crippen molar-refractivity contribution in [1.29, 1.82) is 0 Å². The number of hydrogen-bond acceptors (Lipinski definition) is 4. The Balaban J connectivity index is 1.72. The Morgan fingerprint density at radius 1 is 1.10 bits per heavy atom. The number of anilines is 1. The fraction of sp³-hybridized carbons (Fsp3) is 0.304. The number of hydrogen-bond donors (Lipinski definition) is 3. The number of rotatable bonds is 6. The van der Waals surface area contributed by atoms with Gasteiger partial charge in [0.25, 0.3) is 11.8 Å². The highest BCUT2D eigenvalue weighted by atomic mass is 16.2. The molecule has 1 aliphatic rings. The Hall–Kier alpha value is -3.68. The Kier molecular flexibility index (Phi) is 6.10. The van der Waals surface area contributed by atoms with Crippen molar-refractivity contribution < 1.29 is 19.2 Å². The van der Waals surface area contributed by atoms with Gasteiger partial charge < -0.3 is 16.0 Å². The second-order valence-electron chi connectivity index (χ2n) is 7.93. The third-order valence-corrected chi connectivity index (χ3v) is 5.37. The zero-order valence-corrected chi connectivity index (χ0v) is 18.0. The van der Waals surface area contributed by atoms with E-state index in [-0.39, 0.29) is 5.91 Å². The lowest BCUT2D eigenvalue weighted by Gasteiger charge is -2.22. The van der Waals surface area contributed by atoms with E-state index in [0.717, 1.165) is 10.5 Å². The standard InChI is InChI=1S/C23H26N4O4/c1-14(2)15-8-10-17(11-9-15)23(3)21(30)27(22(31)26-23)13-19(28)25-18-7-5-6-16(12-18)20(29)24-4/h5-12,14H,13H2,1-4H3,(H,24,29)(H,25,28)(H,26,31). The first-order chi connectivity index (χ1) is 14.7. The van der Waals surface area contributed by atoms with Crippen LogP contribution in [-0.2, 0) is 15.1 Å². The van der Waals surface area contributed by atoms with Crippen molar-refractivity contribution in [1.82, 2.24) is 15.5 Å². The Morgan fingerprint density at radius 3 is 2.39 bits per heavy atom. The maximum absolute atomic E-state index is 13.0. The maximum Gasteiger partial charge on any atom is 0.325 e. The van der Waals surface area contributed by atoms with Crippen LogP contribution in [-0.4, -0.2) is 42.2 Å². The molecule has 3 rings (SSSR count). The van der Waals surface area contributed by atoms with Crippen LogP contribution in [0, 0.1) is 0 Å². The molecule has 2 aromatic carbocycles. The first-order valence-corrected chi connectivity index (χ1v) is 10.0. The number of urea groups is 1. The van der Waals surface area contributed by atoms with Crippen molar-refractivity contribution in [3.8, 4) is 0 Å². The van der Waals surface area contributed by atoms with Gasteiger partial charge in [-0.2, -0.15) is 0 Å². The number of nitrogens with one attached hydrogen (secondary N) is 3. The van der Waals surface area contributed by atoms with Crippen molar-refractivity contribution in [3.63, 3.8) is 0 Å². The largest absolute Gasteiger partial charge is 0.355 e. The monoisotopic (exact) mass is 422 g/mol. The second kappa shape index (κ2) is 8.59. The fourth-order valence-corrected chi connectivity index (χ4v) is 3.46. The zero-order valence-electron chi connectivity index (χ0n) is 18.0. The van der Waals surface area contributed by atoms with Gasteiger partial charge in [0, 0.05) is 18.3 Å². The highest BCUT2D eigenvalue weighted by Gasteiger charge is 2.49. The summed E-state index contributed by atoms with van der Waals surface area (Å²) in [5.74, 6) is -0.983. The molecule has 0 saturated carbocycles. The number of carbonyl (C=O) groups is 4. The third kappa shape index (κ3) is 4.42. The molecule has 8 nitrogen and oxygen atoms in total. The molecule has 5 amide bonds. The van der Waals surface area contributed by atoms with E-state index >= 15 is 0 Å². The van der Waals surface area contributed by atoms with Crippen LogP contribution in [0.4, 0.5) is 10.5 Å². The van der Waals surface area contributed by atoms with E-state index < -0.39 is 29.9 Å². The molecule has 1 aliphatic heterocycles. The van der Waals surface area contributed by atoms with Gasteiger partial charge in [-0.1, -0.05) is 44.2 Å². The molecular weight excluding hydrogens is 396 g/mol. The molecule has 1 fully saturated rings. The number of nitrogens with zero attached hydrogens (tertiary/aromatic N) is 1. The van der Waals surface area contributed by atoms with Crippen molar-refractivity contribution in [2.45, 2.75) is 32.2 Å². The average molecular weight is 422 g/mol. The lowest BCUT2D eigenvalue weighted by atomic mass is 9.90. The number of amides is 5. The number of carbonyl (C=O) groups excluding carboxylic acids is 4. The van der Waals surface area contributed by atoms with Gasteiger partial charge in [0.05, 0.1) is 0 Å². The molecule has 0 bridgehead atoms. The van der Waals surface area contributed by atoms with Gasteiger partial charge in [-0.3, -0.25) is 19.3 Å².